The van der Waals surface area contributed by atoms with E-state index in [1.807, 2.05) is 16.8 Å². The lowest BCUT2D eigenvalue weighted by molar-refractivity contribution is 0.443. The van der Waals surface area contributed by atoms with Crippen molar-refractivity contribution in [2.24, 2.45) is 10.1 Å². The molecule has 0 saturated heterocycles. The third-order valence-electron chi connectivity index (χ3n) is 5.00. The Morgan fingerprint density at radius 2 is 1.92 bits per heavy atom. The molecule has 2 aromatic heterocycles. The van der Waals surface area contributed by atoms with Gasteiger partial charge in [-0.3, -0.25) is 4.99 Å². The summed E-state index contributed by atoms with van der Waals surface area (Å²) in [5, 5.41) is 6.69. The van der Waals surface area contributed by atoms with Gasteiger partial charge >= 0.3 is 0 Å². The summed E-state index contributed by atoms with van der Waals surface area (Å²) in [6.07, 6.45) is 10.1. The van der Waals surface area contributed by atoms with Crippen LogP contribution in [0.25, 0.3) is 11.3 Å². The molecule has 0 amide bonds. The van der Waals surface area contributed by atoms with E-state index in [-0.39, 0.29) is 0 Å². The van der Waals surface area contributed by atoms with Crippen LogP contribution >= 0.6 is 11.3 Å². The Morgan fingerprint density at radius 3 is 2.62 bits per heavy atom. The molecular weight excluding hydrogens is 342 g/mol. The van der Waals surface area contributed by atoms with Crippen LogP contribution < -0.4 is 4.80 Å². The number of aromatic nitrogens is 1. The highest BCUT2D eigenvalue weighted by atomic mass is 32.1. The van der Waals surface area contributed by atoms with Crippen LogP contribution in [0, 0.1) is 0 Å². The van der Waals surface area contributed by atoms with Crippen LogP contribution in [-0.4, -0.2) is 17.9 Å². The van der Waals surface area contributed by atoms with Gasteiger partial charge in [0.05, 0.1) is 18.2 Å². The van der Waals surface area contributed by atoms with Crippen molar-refractivity contribution in [2.75, 3.05) is 7.05 Å². The second-order valence-electron chi connectivity index (χ2n) is 6.66. The van der Waals surface area contributed by atoms with E-state index in [0.717, 1.165) is 27.7 Å². The van der Waals surface area contributed by atoms with E-state index in [9.17, 15) is 0 Å². The lowest BCUT2D eigenvalue weighted by Crippen LogP contribution is -2.11. The molecule has 0 radical (unpaired) electrons. The molecule has 0 atom stereocenters. The molecule has 26 heavy (non-hydrogen) atoms. The van der Waals surface area contributed by atoms with Crippen molar-refractivity contribution in [1.82, 2.24) is 4.68 Å². The van der Waals surface area contributed by atoms with Crippen LogP contribution in [0.5, 0.6) is 0 Å². The van der Waals surface area contributed by atoms with Crippen molar-refractivity contribution in [3.05, 3.63) is 64.2 Å². The maximum absolute atomic E-state index is 5.34. The van der Waals surface area contributed by atoms with Gasteiger partial charge in [-0.1, -0.05) is 43.5 Å². The summed E-state index contributed by atoms with van der Waals surface area (Å²) in [5.74, 6) is 1.45. The smallest absolute Gasteiger partial charge is 0.205 e. The summed E-state index contributed by atoms with van der Waals surface area (Å²) in [6.45, 7) is 0. The third-order valence-corrected chi connectivity index (χ3v) is 5.91. The van der Waals surface area contributed by atoms with Crippen molar-refractivity contribution in [2.45, 2.75) is 38.0 Å². The van der Waals surface area contributed by atoms with Crippen LogP contribution in [0.4, 0.5) is 0 Å². The van der Waals surface area contributed by atoms with E-state index in [4.69, 9.17) is 4.42 Å². The van der Waals surface area contributed by atoms with E-state index >= 15 is 0 Å². The monoisotopic (exact) mass is 365 g/mol. The summed E-state index contributed by atoms with van der Waals surface area (Å²) in [7, 11) is 1.79. The van der Waals surface area contributed by atoms with Crippen molar-refractivity contribution >= 4 is 17.6 Å². The molecule has 0 spiro atoms. The number of hydrogen-bond acceptors (Lipinski definition) is 4. The fourth-order valence-electron chi connectivity index (χ4n) is 3.60. The van der Waals surface area contributed by atoms with Crippen LogP contribution in [0.2, 0.25) is 0 Å². The summed E-state index contributed by atoms with van der Waals surface area (Å²) in [4.78, 5) is 5.21. The molecule has 0 aliphatic heterocycles. The topological polar surface area (TPSA) is 42.8 Å². The highest BCUT2D eigenvalue weighted by Crippen LogP contribution is 2.33. The molecule has 1 aromatic carbocycles. The summed E-state index contributed by atoms with van der Waals surface area (Å²) in [6, 6.07) is 12.7. The largest absolute Gasteiger partial charge is 0.463 e. The number of furan rings is 1. The Hall–Kier alpha value is -2.40. The van der Waals surface area contributed by atoms with Gasteiger partial charge in [-0.2, -0.15) is 5.10 Å². The fourth-order valence-corrected chi connectivity index (χ4v) is 4.41. The van der Waals surface area contributed by atoms with Gasteiger partial charge in [0, 0.05) is 18.0 Å². The van der Waals surface area contributed by atoms with E-state index in [1.54, 1.807) is 30.9 Å². The maximum atomic E-state index is 5.34. The van der Waals surface area contributed by atoms with Crippen molar-refractivity contribution in [3.8, 4) is 11.3 Å². The molecule has 2 heterocycles. The molecular formula is C21H23N3OS. The van der Waals surface area contributed by atoms with Crippen LogP contribution in [-0.2, 0) is 0 Å². The lowest BCUT2D eigenvalue weighted by atomic mass is 9.84. The van der Waals surface area contributed by atoms with E-state index in [0.29, 0.717) is 0 Å². The number of benzene rings is 1. The van der Waals surface area contributed by atoms with Crippen LogP contribution in [0.1, 0.15) is 49.3 Å². The molecule has 5 heteroatoms. The van der Waals surface area contributed by atoms with Crippen molar-refractivity contribution in [3.63, 3.8) is 0 Å². The van der Waals surface area contributed by atoms with Gasteiger partial charge in [0.1, 0.15) is 5.76 Å². The normalized spacial score (nSPS) is 16.6. The van der Waals surface area contributed by atoms with E-state index < -0.39 is 0 Å². The number of rotatable bonds is 4. The van der Waals surface area contributed by atoms with Crippen molar-refractivity contribution in [1.29, 1.82) is 0 Å². The van der Waals surface area contributed by atoms with Crippen molar-refractivity contribution < 1.29 is 4.42 Å². The van der Waals surface area contributed by atoms with Gasteiger partial charge in [-0.25, -0.2) is 4.68 Å². The summed E-state index contributed by atoms with van der Waals surface area (Å²) in [5.41, 5.74) is 3.68. The average Bonchev–Trinajstić information content (AvgIpc) is 3.36. The SMILES string of the molecule is CN=c1scc(-c2ccc(C3CCCCC3)cc2)n1N=Cc1ccco1. The predicted octanol–water partition coefficient (Wildman–Crippen LogP) is 5.27. The molecule has 1 fully saturated rings. The minimum atomic E-state index is 0.726. The third kappa shape index (κ3) is 3.58. The average molecular weight is 366 g/mol. The molecule has 1 saturated carbocycles. The first-order valence-electron chi connectivity index (χ1n) is 9.17. The zero-order valence-corrected chi connectivity index (χ0v) is 15.8. The minimum absolute atomic E-state index is 0.726. The quantitative estimate of drug-likeness (QED) is 0.581. The molecule has 1 aliphatic carbocycles. The minimum Gasteiger partial charge on any atom is -0.463 e. The number of nitrogens with zero attached hydrogens (tertiary/aromatic N) is 3. The first-order valence-corrected chi connectivity index (χ1v) is 10.0. The Balaban J connectivity index is 1.64. The molecule has 4 rings (SSSR count). The van der Waals surface area contributed by atoms with Gasteiger partial charge in [0.25, 0.3) is 0 Å². The molecule has 0 N–H and O–H groups in total. The van der Waals surface area contributed by atoms with E-state index in [1.165, 1.54) is 37.7 Å². The fraction of sp³-hybridized carbons (Fsp3) is 0.333. The van der Waals surface area contributed by atoms with Gasteiger partial charge in [0.2, 0.25) is 4.80 Å². The maximum Gasteiger partial charge on any atom is 0.205 e. The van der Waals surface area contributed by atoms with Crippen LogP contribution in [0.15, 0.2) is 62.6 Å². The Kier molecular flexibility index (Phi) is 5.16. The Bertz CT molecular complexity index is 927. The second kappa shape index (κ2) is 7.87. The zero-order valence-electron chi connectivity index (χ0n) is 15.0. The molecule has 4 nitrogen and oxygen atoms in total. The van der Waals surface area contributed by atoms with E-state index in [2.05, 4.69) is 39.7 Å². The first kappa shape index (κ1) is 17.0. The number of hydrogen-bond donors (Lipinski definition) is 0. The molecule has 0 unspecified atom stereocenters. The summed E-state index contributed by atoms with van der Waals surface area (Å²) < 4.78 is 7.22. The van der Waals surface area contributed by atoms with Crippen LogP contribution in [0.3, 0.4) is 0 Å². The molecule has 0 bridgehead atoms. The standard InChI is InChI=1S/C21H23N3OS/c1-22-21-24(23-14-19-8-5-13-25-19)20(15-26-21)18-11-9-17(10-12-18)16-6-3-2-4-7-16/h5,8-16H,2-4,6-7H2,1H3. The first-order chi connectivity index (χ1) is 12.8. The second-order valence-corrected chi connectivity index (χ2v) is 7.49. The Labute approximate surface area is 157 Å². The summed E-state index contributed by atoms with van der Waals surface area (Å²) >= 11 is 1.59. The van der Waals surface area contributed by atoms with Gasteiger partial charge < -0.3 is 4.42 Å². The predicted molar refractivity (Wildman–Crippen MR) is 107 cm³/mol. The van der Waals surface area contributed by atoms with Gasteiger partial charge in [0.15, 0.2) is 0 Å². The number of thiazole rings is 1. The highest BCUT2D eigenvalue weighted by molar-refractivity contribution is 7.07. The Morgan fingerprint density at radius 1 is 1.12 bits per heavy atom. The molecule has 134 valence electrons. The molecule has 3 aromatic rings. The molecule has 1 aliphatic rings. The van der Waals surface area contributed by atoms with Gasteiger partial charge in [-0.05, 0) is 36.5 Å². The van der Waals surface area contributed by atoms with Gasteiger partial charge in [-0.15, -0.1) is 11.3 Å². The lowest BCUT2D eigenvalue weighted by Gasteiger charge is -2.22. The zero-order chi connectivity index (χ0) is 17.8. The highest BCUT2D eigenvalue weighted by Gasteiger charge is 2.16.